The van der Waals surface area contributed by atoms with Crippen LogP contribution in [0.3, 0.4) is 0 Å². The number of ether oxygens (including phenoxy) is 1. The molecule has 3 heterocycles. The third-order valence-electron chi connectivity index (χ3n) is 6.21. The molecule has 0 spiro atoms. The number of nitrogens with one attached hydrogen (secondary N) is 2. The molecule has 2 N–H and O–H groups in total. The number of aromatic nitrogens is 2. The summed E-state index contributed by atoms with van der Waals surface area (Å²) in [5.74, 6) is 0.538. The fourth-order valence-electron chi connectivity index (χ4n) is 4.68. The predicted molar refractivity (Wildman–Crippen MR) is 117 cm³/mol. The minimum absolute atomic E-state index is 0.0700. The number of allylic oxidation sites excluding steroid dienone is 2. The van der Waals surface area contributed by atoms with Gasteiger partial charge in [0, 0.05) is 25.4 Å². The van der Waals surface area contributed by atoms with Crippen LogP contribution in [0.15, 0.2) is 60.7 Å². The van der Waals surface area contributed by atoms with E-state index in [9.17, 15) is 9.59 Å². The van der Waals surface area contributed by atoms with Gasteiger partial charge in [-0.15, -0.1) is 0 Å². The van der Waals surface area contributed by atoms with Gasteiger partial charge in [0.15, 0.2) is 0 Å². The number of H-pyrrole nitrogens is 1. The molecular formula is C24H24N4O3. The molecular weight excluding hydrogens is 392 g/mol. The molecule has 31 heavy (non-hydrogen) atoms. The van der Waals surface area contributed by atoms with Gasteiger partial charge in [-0.3, -0.25) is 14.7 Å². The first kappa shape index (κ1) is 19.4. The zero-order valence-corrected chi connectivity index (χ0v) is 17.5. The third-order valence-corrected chi connectivity index (χ3v) is 6.21. The Morgan fingerprint density at radius 3 is 2.90 bits per heavy atom. The van der Waals surface area contributed by atoms with Crippen molar-refractivity contribution in [2.75, 3.05) is 13.1 Å². The highest BCUT2D eigenvalue weighted by atomic mass is 16.5. The van der Waals surface area contributed by atoms with Crippen molar-refractivity contribution in [1.82, 2.24) is 20.4 Å². The van der Waals surface area contributed by atoms with Gasteiger partial charge in [0.05, 0.1) is 29.2 Å². The van der Waals surface area contributed by atoms with Crippen molar-refractivity contribution in [2.45, 2.75) is 20.0 Å². The lowest BCUT2D eigenvalue weighted by Crippen LogP contribution is -2.50. The van der Waals surface area contributed by atoms with E-state index in [1.807, 2.05) is 12.3 Å². The quantitative estimate of drug-likeness (QED) is 0.751. The Bertz CT molecular complexity index is 1200. The molecule has 3 aliphatic rings. The minimum Gasteiger partial charge on any atom is -0.487 e. The Morgan fingerprint density at radius 2 is 2.16 bits per heavy atom. The SMILES string of the molecule is C=CC(=O)N1CC(C2=C(NC(C)=O)C3C=C(c4c(C)ccc5[nH]ncc45)C=CC3O2)C1. The maximum Gasteiger partial charge on any atom is 0.246 e. The number of hydrogen-bond acceptors (Lipinski definition) is 4. The van der Waals surface area contributed by atoms with Crippen molar-refractivity contribution in [1.29, 1.82) is 0 Å². The Labute approximate surface area is 180 Å². The molecule has 1 saturated heterocycles. The number of amides is 2. The fraction of sp³-hybridized carbons (Fsp3) is 0.292. The predicted octanol–water partition coefficient (Wildman–Crippen LogP) is 2.83. The lowest BCUT2D eigenvalue weighted by molar-refractivity contribution is -0.132. The molecule has 7 heteroatoms. The lowest BCUT2D eigenvalue weighted by atomic mass is 9.85. The molecule has 2 aromatic rings. The van der Waals surface area contributed by atoms with Crippen molar-refractivity contribution in [3.63, 3.8) is 0 Å². The van der Waals surface area contributed by atoms with Gasteiger partial charge >= 0.3 is 0 Å². The van der Waals surface area contributed by atoms with Gasteiger partial charge < -0.3 is 15.0 Å². The Balaban J connectivity index is 1.51. The van der Waals surface area contributed by atoms with E-state index >= 15 is 0 Å². The normalized spacial score (nSPS) is 22.6. The van der Waals surface area contributed by atoms with Crippen molar-refractivity contribution in [2.24, 2.45) is 11.8 Å². The summed E-state index contributed by atoms with van der Waals surface area (Å²) in [6, 6.07) is 4.11. The molecule has 2 aliphatic heterocycles. The zero-order chi connectivity index (χ0) is 21.7. The molecule has 1 aromatic heterocycles. The number of carbonyl (C=O) groups excluding carboxylic acids is 2. The average Bonchev–Trinajstić information content (AvgIpc) is 3.31. The van der Waals surface area contributed by atoms with Gasteiger partial charge in [-0.1, -0.05) is 24.8 Å². The highest BCUT2D eigenvalue weighted by Crippen LogP contribution is 2.43. The molecule has 1 aliphatic carbocycles. The number of benzene rings is 1. The summed E-state index contributed by atoms with van der Waals surface area (Å²) >= 11 is 0. The van der Waals surface area contributed by atoms with E-state index in [4.69, 9.17) is 4.74 Å². The van der Waals surface area contributed by atoms with Crippen LogP contribution >= 0.6 is 0 Å². The van der Waals surface area contributed by atoms with Crippen LogP contribution in [0, 0.1) is 18.8 Å². The van der Waals surface area contributed by atoms with E-state index in [1.165, 1.54) is 13.0 Å². The molecule has 0 bridgehead atoms. The summed E-state index contributed by atoms with van der Waals surface area (Å²) in [4.78, 5) is 25.5. The van der Waals surface area contributed by atoms with E-state index in [-0.39, 0.29) is 29.8 Å². The second kappa shape index (κ2) is 7.27. The summed E-state index contributed by atoms with van der Waals surface area (Å²) in [5.41, 5.74) is 5.15. The first-order chi connectivity index (χ1) is 15.0. The average molecular weight is 416 g/mol. The van der Waals surface area contributed by atoms with Crippen LogP contribution in [0.2, 0.25) is 0 Å². The number of carbonyl (C=O) groups is 2. The van der Waals surface area contributed by atoms with Gasteiger partial charge in [-0.25, -0.2) is 0 Å². The summed E-state index contributed by atoms with van der Waals surface area (Å²) in [5, 5.41) is 11.3. The molecule has 5 rings (SSSR count). The second-order valence-corrected chi connectivity index (χ2v) is 8.28. The van der Waals surface area contributed by atoms with Gasteiger partial charge in [0.1, 0.15) is 11.9 Å². The number of likely N-dealkylation sites (tertiary alicyclic amines) is 1. The van der Waals surface area contributed by atoms with Crippen LogP contribution in [-0.2, 0) is 14.3 Å². The maximum absolute atomic E-state index is 12.0. The lowest BCUT2D eigenvalue weighted by Gasteiger charge is -2.39. The van der Waals surface area contributed by atoms with Crippen molar-refractivity contribution < 1.29 is 14.3 Å². The Kier molecular flexibility index (Phi) is 4.54. The van der Waals surface area contributed by atoms with Crippen LogP contribution in [0.1, 0.15) is 18.1 Å². The van der Waals surface area contributed by atoms with Crippen LogP contribution in [-0.4, -0.2) is 46.1 Å². The van der Waals surface area contributed by atoms with E-state index in [0.29, 0.717) is 13.1 Å². The third kappa shape index (κ3) is 3.17. The van der Waals surface area contributed by atoms with Gasteiger partial charge in [-0.05, 0) is 41.8 Å². The Hall–Kier alpha value is -3.61. The molecule has 2 amide bonds. The van der Waals surface area contributed by atoms with Gasteiger partial charge in [0.25, 0.3) is 0 Å². The minimum atomic E-state index is -0.173. The molecule has 0 saturated carbocycles. The van der Waals surface area contributed by atoms with Crippen LogP contribution < -0.4 is 5.32 Å². The largest absolute Gasteiger partial charge is 0.487 e. The molecule has 1 fully saturated rings. The number of aromatic amines is 1. The maximum atomic E-state index is 12.0. The van der Waals surface area contributed by atoms with E-state index in [0.717, 1.165) is 39.1 Å². The molecule has 158 valence electrons. The number of hydrogen-bond donors (Lipinski definition) is 2. The zero-order valence-electron chi connectivity index (χ0n) is 17.5. The van der Waals surface area contributed by atoms with Crippen molar-refractivity contribution >= 4 is 28.3 Å². The standard InChI is InChI=1S/C24H24N4O3/c1-4-21(30)28-11-16(12-28)24-23(26-14(3)29)17-9-15(6-8-20(17)31-24)22-13(2)5-7-19-18(22)10-25-27-19/h4-10,16-17,20H,1,11-12H2,2-3H3,(H,25,27)(H,26,29). The highest BCUT2D eigenvalue weighted by Gasteiger charge is 2.43. The topological polar surface area (TPSA) is 87.3 Å². The van der Waals surface area contributed by atoms with E-state index < -0.39 is 0 Å². The monoisotopic (exact) mass is 416 g/mol. The smallest absolute Gasteiger partial charge is 0.246 e. The molecule has 2 unspecified atom stereocenters. The van der Waals surface area contributed by atoms with Crippen molar-refractivity contribution in [3.8, 4) is 0 Å². The number of aryl methyl sites for hydroxylation is 1. The molecule has 0 radical (unpaired) electrons. The number of nitrogens with zero attached hydrogens (tertiary/aromatic N) is 2. The number of fused-ring (bicyclic) bond motifs is 2. The second-order valence-electron chi connectivity index (χ2n) is 8.28. The van der Waals surface area contributed by atoms with Crippen LogP contribution in [0.4, 0.5) is 0 Å². The van der Waals surface area contributed by atoms with E-state index in [1.54, 1.807) is 4.90 Å². The molecule has 1 aromatic carbocycles. The van der Waals surface area contributed by atoms with Gasteiger partial charge in [-0.2, -0.15) is 5.10 Å². The first-order valence-corrected chi connectivity index (χ1v) is 10.4. The summed E-state index contributed by atoms with van der Waals surface area (Å²) in [7, 11) is 0. The van der Waals surface area contributed by atoms with Crippen molar-refractivity contribution in [3.05, 3.63) is 71.8 Å². The number of rotatable bonds is 4. The molecule has 7 nitrogen and oxygen atoms in total. The summed E-state index contributed by atoms with van der Waals surface area (Å²) < 4.78 is 6.28. The summed E-state index contributed by atoms with van der Waals surface area (Å²) in [6.45, 7) is 8.27. The van der Waals surface area contributed by atoms with Gasteiger partial charge in [0.2, 0.25) is 11.8 Å². The van der Waals surface area contributed by atoms with Crippen LogP contribution in [0.5, 0.6) is 0 Å². The first-order valence-electron chi connectivity index (χ1n) is 10.4. The molecule has 2 atom stereocenters. The summed E-state index contributed by atoms with van der Waals surface area (Å²) in [6.07, 6.45) is 9.30. The van der Waals surface area contributed by atoms with Crippen LogP contribution in [0.25, 0.3) is 16.5 Å². The highest BCUT2D eigenvalue weighted by molar-refractivity contribution is 5.96. The fourth-order valence-corrected chi connectivity index (χ4v) is 4.68. The van der Waals surface area contributed by atoms with E-state index in [2.05, 4.69) is 53.3 Å². The Morgan fingerprint density at radius 1 is 1.35 bits per heavy atom.